The van der Waals surface area contributed by atoms with E-state index in [9.17, 15) is 4.79 Å². The summed E-state index contributed by atoms with van der Waals surface area (Å²) in [6.07, 6.45) is 3.27. The fourth-order valence-corrected chi connectivity index (χ4v) is 2.16. The Labute approximate surface area is 93.0 Å². The molecule has 15 heavy (non-hydrogen) atoms. The minimum absolute atomic E-state index is 0.0184. The van der Waals surface area contributed by atoms with Crippen LogP contribution in [0.4, 0.5) is 0 Å². The summed E-state index contributed by atoms with van der Waals surface area (Å²) in [4.78, 5) is 14.0. The number of nitrogens with zero attached hydrogens (tertiary/aromatic N) is 1. The molecular weight excluding hydrogens is 188 g/mol. The molecule has 3 nitrogen and oxygen atoms in total. The highest BCUT2D eigenvalue weighted by atomic mass is 16.2. The van der Waals surface area contributed by atoms with Crippen LogP contribution in [0.5, 0.6) is 0 Å². The molecule has 0 bridgehead atoms. The average Bonchev–Trinajstić information content (AvgIpc) is 2.12. The van der Waals surface area contributed by atoms with Crippen molar-refractivity contribution in [2.45, 2.75) is 40.0 Å². The lowest BCUT2D eigenvalue weighted by Crippen LogP contribution is -2.48. The number of carbonyl (C=O) groups excluding carboxylic acids is 1. The summed E-state index contributed by atoms with van der Waals surface area (Å²) in [6.45, 7) is 7.63. The summed E-state index contributed by atoms with van der Waals surface area (Å²) in [5.74, 6) is 0.287. The number of hydrogen-bond donors (Lipinski definition) is 1. The van der Waals surface area contributed by atoms with Gasteiger partial charge in [-0.1, -0.05) is 27.2 Å². The van der Waals surface area contributed by atoms with E-state index in [1.54, 1.807) is 0 Å². The minimum atomic E-state index is -0.0839. The molecule has 1 aliphatic carbocycles. The normalized spacial score (nSPS) is 19.5. The monoisotopic (exact) mass is 212 g/mol. The predicted molar refractivity (Wildman–Crippen MR) is 62.4 cm³/mol. The van der Waals surface area contributed by atoms with E-state index >= 15 is 0 Å². The number of nitrogens with two attached hydrogens (primary N) is 1. The molecule has 0 atom stereocenters. The Balaban J connectivity index is 2.53. The van der Waals surface area contributed by atoms with Gasteiger partial charge in [-0.25, -0.2) is 0 Å². The van der Waals surface area contributed by atoms with E-state index in [1.807, 2.05) is 11.9 Å². The highest BCUT2D eigenvalue weighted by molar-refractivity contribution is 5.83. The summed E-state index contributed by atoms with van der Waals surface area (Å²) >= 11 is 0. The van der Waals surface area contributed by atoms with E-state index in [-0.39, 0.29) is 16.7 Å². The summed E-state index contributed by atoms with van der Waals surface area (Å²) in [6, 6.07) is 0. The zero-order valence-corrected chi connectivity index (χ0v) is 10.5. The van der Waals surface area contributed by atoms with E-state index in [2.05, 4.69) is 20.8 Å². The van der Waals surface area contributed by atoms with Crippen molar-refractivity contribution in [1.29, 1.82) is 0 Å². The van der Waals surface area contributed by atoms with Crippen LogP contribution in [-0.4, -0.2) is 30.9 Å². The molecule has 1 saturated carbocycles. The van der Waals surface area contributed by atoms with Crippen LogP contribution >= 0.6 is 0 Å². The predicted octanol–water partition coefficient (Wildman–Crippen LogP) is 1.62. The van der Waals surface area contributed by atoms with E-state index in [4.69, 9.17) is 5.73 Å². The van der Waals surface area contributed by atoms with E-state index in [1.165, 1.54) is 6.42 Å². The maximum absolute atomic E-state index is 12.1. The van der Waals surface area contributed by atoms with Gasteiger partial charge in [0.1, 0.15) is 0 Å². The van der Waals surface area contributed by atoms with Crippen molar-refractivity contribution in [3.8, 4) is 0 Å². The third kappa shape index (κ3) is 2.71. The standard InChI is InChI=1S/C12H24N2O/c1-11(2,8-13)9-14(4)10(15)12(3)6-5-7-12/h5-9,13H2,1-4H3. The van der Waals surface area contributed by atoms with Crippen LogP contribution < -0.4 is 5.73 Å². The molecule has 1 amide bonds. The number of amides is 1. The van der Waals surface area contributed by atoms with Gasteiger partial charge in [0.15, 0.2) is 0 Å². The fraction of sp³-hybridized carbons (Fsp3) is 0.917. The first-order valence-corrected chi connectivity index (χ1v) is 5.76. The first kappa shape index (κ1) is 12.5. The number of carbonyl (C=O) groups is 1. The average molecular weight is 212 g/mol. The van der Waals surface area contributed by atoms with Gasteiger partial charge in [-0.3, -0.25) is 4.79 Å². The van der Waals surface area contributed by atoms with Crippen molar-refractivity contribution in [2.24, 2.45) is 16.6 Å². The second-order valence-electron chi connectivity index (χ2n) is 5.94. The van der Waals surface area contributed by atoms with E-state index in [0.717, 1.165) is 19.4 Å². The molecule has 3 heteroatoms. The van der Waals surface area contributed by atoms with Crippen molar-refractivity contribution in [2.75, 3.05) is 20.1 Å². The Hall–Kier alpha value is -0.570. The Morgan fingerprint density at radius 3 is 2.33 bits per heavy atom. The molecule has 88 valence electrons. The van der Waals surface area contributed by atoms with E-state index < -0.39 is 0 Å². The molecule has 0 aromatic carbocycles. The van der Waals surface area contributed by atoms with Gasteiger partial charge in [-0.15, -0.1) is 0 Å². The first-order chi connectivity index (χ1) is 6.81. The SMILES string of the molecule is CN(CC(C)(C)CN)C(=O)C1(C)CCC1. The van der Waals surface area contributed by atoms with Crippen molar-refractivity contribution in [3.63, 3.8) is 0 Å². The molecule has 1 rings (SSSR count). The number of rotatable bonds is 4. The van der Waals surface area contributed by atoms with Gasteiger partial charge in [0, 0.05) is 19.0 Å². The minimum Gasteiger partial charge on any atom is -0.345 e. The maximum Gasteiger partial charge on any atom is 0.228 e. The van der Waals surface area contributed by atoms with Crippen LogP contribution in [0.15, 0.2) is 0 Å². The lowest BCUT2D eigenvalue weighted by atomic mass is 9.69. The molecule has 1 fully saturated rings. The van der Waals surface area contributed by atoms with Gasteiger partial charge in [0.05, 0.1) is 0 Å². The molecule has 0 aliphatic heterocycles. The van der Waals surface area contributed by atoms with Crippen molar-refractivity contribution < 1.29 is 4.79 Å². The first-order valence-electron chi connectivity index (χ1n) is 5.76. The topological polar surface area (TPSA) is 46.3 Å². The molecule has 0 heterocycles. The molecule has 0 aromatic rings. The van der Waals surface area contributed by atoms with Crippen LogP contribution in [0.3, 0.4) is 0 Å². The second kappa shape index (κ2) is 4.12. The van der Waals surface area contributed by atoms with Crippen molar-refractivity contribution >= 4 is 5.91 Å². The van der Waals surface area contributed by atoms with Crippen LogP contribution in [0.25, 0.3) is 0 Å². The molecule has 0 unspecified atom stereocenters. The van der Waals surface area contributed by atoms with Gasteiger partial charge in [-0.2, -0.15) is 0 Å². The van der Waals surface area contributed by atoms with Gasteiger partial charge < -0.3 is 10.6 Å². The van der Waals surface area contributed by atoms with Crippen molar-refractivity contribution in [3.05, 3.63) is 0 Å². The number of hydrogen-bond acceptors (Lipinski definition) is 2. The van der Waals surface area contributed by atoms with Crippen LogP contribution in [-0.2, 0) is 4.79 Å². The quantitative estimate of drug-likeness (QED) is 0.769. The molecule has 0 aromatic heterocycles. The third-order valence-corrected chi connectivity index (χ3v) is 3.54. The summed E-state index contributed by atoms with van der Waals surface area (Å²) in [5, 5.41) is 0. The van der Waals surface area contributed by atoms with Crippen LogP contribution in [0.1, 0.15) is 40.0 Å². The summed E-state index contributed by atoms with van der Waals surface area (Å²) in [7, 11) is 1.89. The molecule has 0 radical (unpaired) electrons. The fourth-order valence-electron chi connectivity index (χ4n) is 2.16. The van der Waals surface area contributed by atoms with Crippen LogP contribution in [0.2, 0.25) is 0 Å². The Bertz CT molecular complexity index is 244. The lowest BCUT2D eigenvalue weighted by molar-refractivity contribution is -0.145. The highest BCUT2D eigenvalue weighted by Gasteiger charge is 2.41. The van der Waals surface area contributed by atoms with Gasteiger partial charge in [0.2, 0.25) is 5.91 Å². The molecule has 1 aliphatic rings. The summed E-state index contributed by atoms with van der Waals surface area (Å²) < 4.78 is 0. The van der Waals surface area contributed by atoms with Gasteiger partial charge in [-0.05, 0) is 24.8 Å². The molecule has 0 saturated heterocycles. The lowest BCUT2D eigenvalue weighted by Gasteiger charge is -2.41. The smallest absolute Gasteiger partial charge is 0.228 e. The van der Waals surface area contributed by atoms with E-state index in [0.29, 0.717) is 6.54 Å². The third-order valence-electron chi connectivity index (χ3n) is 3.54. The van der Waals surface area contributed by atoms with Gasteiger partial charge >= 0.3 is 0 Å². The molecule has 0 spiro atoms. The highest BCUT2D eigenvalue weighted by Crippen LogP contribution is 2.41. The Morgan fingerprint density at radius 2 is 2.00 bits per heavy atom. The second-order valence-corrected chi connectivity index (χ2v) is 5.94. The summed E-state index contributed by atoms with van der Waals surface area (Å²) in [5.41, 5.74) is 5.61. The molecular formula is C12H24N2O. The largest absolute Gasteiger partial charge is 0.345 e. The maximum atomic E-state index is 12.1. The molecule has 2 N–H and O–H groups in total. The zero-order valence-electron chi connectivity index (χ0n) is 10.5. The van der Waals surface area contributed by atoms with Gasteiger partial charge in [0.25, 0.3) is 0 Å². The Morgan fingerprint density at radius 1 is 1.47 bits per heavy atom. The Kier molecular flexibility index (Phi) is 3.44. The van der Waals surface area contributed by atoms with Crippen molar-refractivity contribution in [1.82, 2.24) is 4.90 Å². The zero-order chi connectivity index (χ0) is 11.7. The van der Waals surface area contributed by atoms with Crippen LogP contribution in [0, 0.1) is 10.8 Å².